The van der Waals surface area contributed by atoms with Crippen LogP contribution in [0.25, 0.3) is 0 Å². The van der Waals surface area contributed by atoms with Gasteiger partial charge in [0.2, 0.25) is 0 Å². The van der Waals surface area contributed by atoms with Crippen LogP contribution in [0.5, 0.6) is 0 Å². The van der Waals surface area contributed by atoms with Crippen LogP contribution >= 0.6 is 0 Å². The first kappa shape index (κ1) is 14.4. The van der Waals surface area contributed by atoms with Crippen molar-refractivity contribution in [1.82, 2.24) is 0 Å². The largest absolute Gasteiger partial charge is 0.464 e. The van der Waals surface area contributed by atoms with Crippen molar-refractivity contribution in [2.45, 2.75) is 47.0 Å². The van der Waals surface area contributed by atoms with Crippen LogP contribution in [0.15, 0.2) is 0 Å². The van der Waals surface area contributed by atoms with E-state index in [1.54, 1.807) is 0 Å². The number of rotatable bonds is 7. The van der Waals surface area contributed by atoms with Gasteiger partial charge in [-0.15, -0.1) is 0 Å². The molecule has 0 saturated heterocycles. The fourth-order valence-corrected chi connectivity index (χ4v) is 1.17. The highest BCUT2D eigenvalue weighted by Crippen LogP contribution is 2.21. The summed E-state index contributed by atoms with van der Waals surface area (Å²) >= 11 is 0. The second kappa shape index (κ2) is 7.69. The summed E-state index contributed by atoms with van der Waals surface area (Å²) < 4.78 is 9.93. The Bertz CT molecular complexity index is 170. The molecule has 3 nitrogen and oxygen atoms in total. The predicted octanol–water partition coefficient (Wildman–Crippen LogP) is 2.78. The third kappa shape index (κ3) is 11.4. The Kier molecular flexibility index (Phi) is 7.39. The standard InChI is InChI=1S/C12H24O3/c1-5-14-10-11(13)15-9-7-6-8-12(2,3)4/h5-10H2,1-4H3. The van der Waals surface area contributed by atoms with E-state index in [9.17, 15) is 4.79 Å². The van der Waals surface area contributed by atoms with Crippen LogP contribution in [0.1, 0.15) is 47.0 Å². The van der Waals surface area contributed by atoms with Crippen molar-refractivity contribution in [3.8, 4) is 0 Å². The summed E-state index contributed by atoms with van der Waals surface area (Å²) in [5, 5.41) is 0. The molecular weight excluding hydrogens is 192 g/mol. The van der Waals surface area contributed by atoms with E-state index in [0.29, 0.717) is 18.6 Å². The summed E-state index contributed by atoms with van der Waals surface area (Å²) in [5.74, 6) is -0.257. The molecule has 3 heteroatoms. The van der Waals surface area contributed by atoms with Gasteiger partial charge in [0.05, 0.1) is 6.61 Å². The number of hydrogen-bond donors (Lipinski definition) is 0. The lowest BCUT2D eigenvalue weighted by atomic mass is 9.90. The molecule has 0 heterocycles. The van der Waals surface area contributed by atoms with Gasteiger partial charge in [0.15, 0.2) is 0 Å². The molecule has 0 fully saturated rings. The van der Waals surface area contributed by atoms with Crippen molar-refractivity contribution in [1.29, 1.82) is 0 Å². The van der Waals surface area contributed by atoms with E-state index in [-0.39, 0.29) is 12.6 Å². The maximum absolute atomic E-state index is 11.0. The highest BCUT2D eigenvalue weighted by Gasteiger charge is 2.09. The first-order valence-electron chi connectivity index (χ1n) is 5.69. The molecule has 0 aliphatic heterocycles. The van der Waals surface area contributed by atoms with E-state index in [1.165, 1.54) is 0 Å². The van der Waals surface area contributed by atoms with Gasteiger partial charge in [0.25, 0.3) is 0 Å². The van der Waals surface area contributed by atoms with Gasteiger partial charge in [0, 0.05) is 6.61 Å². The first-order chi connectivity index (χ1) is 6.95. The molecule has 0 amide bonds. The average molecular weight is 216 g/mol. The maximum atomic E-state index is 11.0. The molecule has 0 saturated carbocycles. The van der Waals surface area contributed by atoms with E-state index in [0.717, 1.165) is 19.3 Å². The van der Waals surface area contributed by atoms with E-state index in [2.05, 4.69) is 20.8 Å². The molecule has 0 N–H and O–H groups in total. The van der Waals surface area contributed by atoms with E-state index in [1.807, 2.05) is 6.92 Å². The third-order valence-electron chi connectivity index (χ3n) is 2.01. The van der Waals surface area contributed by atoms with Gasteiger partial charge in [-0.05, 0) is 31.6 Å². The van der Waals surface area contributed by atoms with Crippen molar-refractivity contribution in [3.05, 3.63) is 0 Å². The van der Waals surface area contributed by atoms with Crippen LogP contribution in [-0.2, 0) is 14.3 Å². The van der Waals surface area contributed by atoms with Crippen LogP contribution in [0.2, 0.25) is 0 Å². The summed E-state index contributed by atoms with van der Waals surface area (Å²) in [5.41, 5.74) is 0.370. The van der Waals surface area contributed by atoms with Gasteiger partial charge >= 0.3 is 5.97 Å². The molecule has 15 heavy (non-hydrogen) atoms. The number of hydrogen-bond acceptors (Lipinski definition) is 3. The number of unbranched alkanes of at least 4 members (excludes halogenated alkanes) is 1. The van der Waals surface area contributed by atoms with E-state index < -0.39 is 0 Å². The Labute approximate surface area is 93.1 Å². The molecule has 0 aliphatic carbocycles. The van der Waals surface area contributed by atoms with Crippen molar-refractivity contribution in [3.63, 3.8) is 0 Å². The fraction of sp³-hybridized carbons (Fsp3) is 0.917. The quantitative estimate of drug-likeness (QED) is 0.485. The van der Waals surface area contributed by atoms with Crippen molar-refractivity contribution < 1.29 is 14.3 Å². The van der Waals surface area contributed by atoms with Crippen LogP contribution in [-0.4, -0.2) is 25.8 Å². The van der Waals surface area contributed by atoms with Crippen LogP contribution < -0.4 is 0 Å². The number of carbonyl (C=O) groups is 1. The lowest BCUT2D eigenvalue weighted by molar-refractivity contribution is -0.148. The second-order valence-corrected chi connectivity index (χ2v) is 4.88. The van der Waals surface area contributed by atoms with Crippen LogP contribution in [0, 0.1) is 5.41 Å². The summed E-state index contributed by atoms with van der Waals surface area (Å²) in [6.45, 7) is 9.66. The first-order valence-corrected chi connectivity index (χ1v) is 5.69. The molecule has 0 atom stereocenters. The van der Waals surface area contributed by atoms with Gasteiger partial charge in [-0.1, -0.05) is 20.8 Å². The summed E-state index contributed by atoms with van der Waals surface area (Å²) in [6.07, 6.45) is 3.20. The zero-order valence-corrected chi connectivity index (χ0v) is 10.5. The highest BCUT2D eigenvalue weighted by molar-refractivity contribution is 5.70. The molecule has 0 spiro atoms. The normalized spacial score (nSPS) is 11.5. The Morgan fingerprint density at radius 2 is 1.87 bits per heavy atom. The second-order valence-electron chi connectivity index (χ2n) is 4.88. The molecule has 0 bridgehead atoms. The average Bonchev–Trinajstić information content (AvgIpc) is 2.12. The van der Waals surface area contributed by atoms with Gasteiger partial charge < -0.3 is 9.47 Å². The molecule has 0 aromatic heterocycles. The van der Waals surface area contributed by atoms with Gasteiger partial charge in [-0.3, -0.25) is 0 Å². The van der Waals surface area contributed by atoms with Crippen molar-refractivity contribution in [2.75, 3.05) is 19.8 Å². The Balaban J connectivity index is 3.27. The number of carbonyl (C=O) groups excluding carboxylic acids is 1. The van der Waals surface area contributed by atoms with Crippen LogP contribution in [0.4, 0.5) is 0 Å². The van der Waals surface area contributed by atoms with Crippen LogP contribution in [0.3, 0.4) is 0 Å². The number of esters is 1. The maximum Gasteiger partial charge on any atom is 0.332 e. The highest BCUT2D eigenvalue weighted by atomic mass is 16.6. The number of ether oxygens (including phenoxy) is 2. The van der Waals surface area contributed by atoms with E-state index in [4.69, 9.17) is 9.47 Å². The van der Waals surface area contributed by atoms with Crippen molar-refractivity contribution in [2.24, 2.45) is 5.41 Å². The van der Waals surface area contributed by atoms with Gasteiger partial charge in [-0.25, -0.2) is 4.79 Å². The molecule has 0 aromatic carbocycles. The molecule has 90 valence electrons. The molecule has 0 rings (SSSR count). The smallest absolute Gasteiger partial charge is 0.332 e. The predicted molar refractivity (Wildman–Crippen MR) is 60.8 cm³/mol. The Hall–Kier alpha value is -0.570. The minimum absolute atomic E-state index is 0.0791. The van der Waals surface area contributed by atoms with Gasteiger partial charge in [0.1, 0.15) is 6.61 Å². The monoisotopic (exact) mass is 216 g/mol. The molecule has 0 unspecified atom stereocenters. The minimum Gasteiger partial charge on any atom is -0.464 e. The molecule has 0 aromatic rings. The minimum atomic E-state index is -0.257. The summed E-state index contributed by atoms with van der Waals surface area (Å²) in [4.78, 5) is 11.0. The van der Waals surface area contributed by atoms with E-state index >= 15 is 0 Å². The van der Waals surface area contributed by atoms with Crippen molar-refractivity contribution >= 4 is 5.97 Å². The fourth-order valence-electron chi connectivity index (χ4n) is 1.17. The Morgan fingerprint density at radius 3 is 2.40 bits per heavy atom. The lowest BCUT2D eigenvalue weighted by Gasteiger charge is -2.17. The summed E-state index contributed by atoms with van der Waals surface area (Å²) in [6, 6.07) is 0. The lowest BCUT2D eigenvalue weighted by Crippen LogP contribution is -2.13. The summed E-state index contributed by atoms with van der Waals surface area (Å²) in [7, 11) is 0. The SMILES string of the molecule is CCOCC(=O)OCCCCC(C)(C)C. The topological polar surface area (TPSA) is 35.5 Å². The molecule has 0 aliphatic rings. The molecular formula is C12H24O3. The zero-order valence-electron chi connectivity index (χ0n) is 10.5. The van der Waals surface area contributed by atoms with Gasteiger partial charge in [-0.2, -0.15) is 0 Å². The third-order valence-corrected chi connectivity index (χ3v) is 2.01. The Morgan fingerprint density at radius 1 is 1.20 bits per heavy atom. The zero-order chi connectivity index (χ0) is 11.7. The molecule has 0 radical (unpaired) electrons.